The van der Waals surface area contributed by atoms with Crippen LogP contribution < -0.4 is 0 Å². The second-order valence-electron chi connectivity index (χ2n) is 5.58. The molecule has 17 heavy (non-hydrogen) atoms. The minimum Gasteiger partial charge on any atom is -0.367 e. The maximum absolute atomic E-state index is 5.88. The first-order valence-electron chi connectivity index (χ1n) is 6.99. The van der Waals surface area contributed by atoms with Crippen LogP contribution in [-0.2, 0) is 17.6 Å². The van der Waals surface area contributed by atoms with Crippen molar-refractivity contribution < 1.29 is 4.74 Å². The quantitative estimate of drug-likeness (QED) is 0.853. The van der Waals surface area contributed by atoms with Crippen molar-refractivity contribution in [3.05, 3.63) is 17.2 Å². The number of nitrogens with one attached hydrogen (secondary N) is 1. The first-order valence-corrected chi connectivity index (χ1v) is 6.99. The zero-order valence-corrected chi connectivity index (χ0v) is 10.8. The highest BCUT2D eigenvalue weighted by Gasteiger charge is 2.28. The number of fused-ring (bicyclic) bond motifs is 1. The van der Waals surface area contributed by atoms with E-state index >= 15 is 0 Å². The molecule has 94 valence electrons. The van der Waals surface area contributed by atoms with Gasteiger partial charge in [-0.2, -0.15) is 0 Å². The third-order valence-electron chi connectivity index (χ3n) is 4.28. The molecule has 1 fully saturated rings. The van der Waals surface area contributed by atoms with Crippen LogP contribution in [0.4, 0.5) is 0 Å². The molecular formula is C14H22N2O. The molecule has 0 aromatic carbocycles. The SMILES string of the molecule is CCC1CCc2nc(C3CCC(C)O3)[nH]c2C1. The molecule has 1 aromatic heterocycles. The van der Waals surface area contributed by atoms with Gasteiger partial charge < -0.3 is 9.72 Å². The predicted octanol–water partition coefficient (Wildman–Crippen LogP) is 3.16. The van der Waals surface area contributed by atoms with Crippen LogP contribution in [0, 0.1) is 5.92 Å². The van der Waals surface area contributed by atoms with Crippen molar-refractivity contribution in [1.82, 2.24) is 9.97 Å². The van der Waals surface area contributed by atoms with Gasteiger partial charge in [0.15, 0.2) is 0 Å². The summed E-state index contributed by atoms with van der Waals surface area (Å²) < 4.78 is 5.88. The Labute approximate surface area is 103 Å². The predicted molar refractivity (Wildman–Crippen MR) is 66.9 cm³/mol. The summed E-state index contributed by atoms with van der Waals surface area (Å²) in [6.07, 6.45) is 7.80. The largest absolute Gasteiger partial charge is 0.367 e. The van der Waals surface area contributed by atoms with Gasteiger partial charge >= 0.3 is 0 Å². The van der Waals surface area contributed by atoms with Gasteiger partial charge in [0.25, 0.3) is 0 Å². The van der Waals surface area contributed by atoms with Crippen LogP contribution in [0.2, 0.25) is 0 Å². The Bertz CT molecular complexity index is 399. The van der Waals surface area contributed by atoms with Crippen molar-refractivity contribution in [2.24, 2.45) is 5.92 Å². The van der Waals surface area contributed by atoms with E-state index in [0.717, 1.165) is 31.0 Å². The van der Waals surface area contributed by atoms with E-state index in [2.05, 4.69) is 18.8 Å². The van der Waals surface area contributed by atoms with Crippen molar-refractivity contribution >= 4 is 0 Å². The molecule has 0 saturated carbocycles. The fourth-order valence-corrected chi connectivity index (χ4v) is 3.08. The van der Waals surface area contributed by atoms with E-state index < -0.39 is 0 Å². The van der Waals surface area contributed by atoms with E-state index in [-0.39, 0.29) is 6.10 Å². The molecule has 3 nitrogen and oxygen atoms in total. The standard InChI is InChI=1S/C14H22N2O/c1-3-10-5-6-11-12(8-10)16-14(15-11)13-7-4-9(2)17-13/h9-10,13H,3-8H2,1-2H3,(H,15,16). The molecule has 1 saturated heterocycles. The minimum atomic E-state index is 0.218. The van der Waals surface area contributed by atoms with E-state index in [1.807, 2.05) is 0 Å². The van der Waals surface area contributed by atoms with Gasteiger partial charge in [-0.05, 0) is 44.9 Å². The summed E-state index contributed by atoms with van der Waals surface area (Å²) in [5.41, 5.74) is 2.68. The molecule has 0 amide bonds. The van der Waals surface area contributed by atoms with Crippen molar-refractivity contribution in [2.45, 2.75) is 64.6 Å². The third kappa shape index (κ3) is 2.13. The van der Waals surface area contributed by atoms with E-state index in [1.54, 1.807) is 0 Å². The molecule has 3 atom stereocenters. The lowest BCUT2D eigenvalue weighted by Gasteiger charge is -2.19. The molecule has 1 aliphatic carbocycles. The highest BCUT2D eigenvalue weighted by Crippen LogP contribution is 2.33. The number of aryl methyl sites for hydroxylation is 1. The molecule has 3 rings (SSSR count). The number of aromatic nitrogens is 2. The van der Waals surface area contributed by atoms with Crippen LogP contribution in [-0.4, -0.2) is 16.1 Å². The zero-order valence-electron chi connectivity index (χ0n) is 10.8. The Morgan fingerprint density at radius 3 is 2.94 bits per heavy atom. The molecule has 1 aromatic rings. The van der Waals surface area contributed by atoms with Gasteiger partial charge in [0.1, 0.15) is 11.9 Å². The average molecular weight is 234 g/mol. The fourth-order valence-electron chi connectivity index (χ4n) is 3.08. The lowest BCUT2D eigenvalue weighted by Crippen LogP contribution is -2.12. The van der Waals surface area contributed by atoms with Gasteiger partial charge in [0.2, 0.25) is 0 Å². The molecule has 2 heterocycles. The van der Waals surface area contributed by atoms with Crippen molar-refractivity contribution in [3.8, 4) is 0 Å². The van der Waals surface area contributed by atoms with Crippen molar-refractivity contribution in [2.75, 3.05) is 0 Å². The topological polar surface area (TPSA) is 37.9 Å². The molecule has 3 heteroatoms. The Balaban J connectivity index is 1.78. The van der Waals surface area contributed by atoms with Crippen molar-refractivity contribution in [3.63, 3.8) is 0 Å². The Morgan fingerprint density at radius 2 is 2.24 bits per heavy atom. The first-order chi connectivity index (χ1) is 8.26. The molecule has 0 spiro atoms. The smallest absolute Gasteiger partial charge is 0.135 e. The highest BCUT2D eigenvalue weighted by molar-refractivity contribution is 5.20. The highest BCUT2D eigenvalue weighted by atomic mass is 16.5. The summed E-state index contributed by atoms with van der Waals surface area (Å²) >= 11 is 0. The fraction of sp³-hybridized carbons (Fsp3) is 0.786. The lowest BCUT2D eigenvalue weighted by molar-refractivity contribution is 0.0507. The van der Waals surface area contributed by atoms with Crippen LogP contribution in [0.25, 0.3) is 0 Å². The van der Waals surface area contributed by atoms with Crippen LogP contribution in [0.5, 0.6) is 0 Å². The Hall–Kier alpha value is -0.830. The minimum absolute atomic E-state index is 0.218. The van der Waals surface area contributed by atoms with Gasteiger partial charge in [-0.15, -0.1) is 0 Å². The molecule has 0 bridgehead atoms. The summed E-state index contributed by atoms with van der Waals surface area (Å²) in [4.78, 5) is 8.28. The van der Waals surface area contributed by atoms with E-state index in [9.17, 15) is 0 Å². The number of imidazole rings is 1. The number of rotatable bonds is 2. The monoisotopic (exact) mass is 234 g/mol. The van der Waals surface area contributed by atoms with Crippen LogP contribution >= 0.6 is 0 Å². The number of hydrogen-bond donors (Lipinski definition) is 1. The molecular weight excluding hydrogens is 212 g/mol. The van der Waals surface area contributed by atoms with Gasteiger partial charge in [0, 0.05) is 5.69 Å². The van der Waals surface area contributed by atoms with E-state index in [1.165, 1.54) is 30.7 Å². The summed E-state index contributed by atoms with van der Waals surface area (Å²) in [6.45, 7) is 4.44. The molecule has 1 N–H and O–H groups in total. The molecule has 3 unspecified atom stereocenters. The summed E-state index contributed by atoms with van der Waals surface area (Å²) in [7, 11) is 0. The lowest BCUT2D eigenvalue weighted by atomic mass is 9.88. The van der Waals surface area contributed by atoms with Crippen molar-refractivity contribution in [1.29, 1.82) is 0 Å². The maximum atomic E-state index is 5.88. The zero-order chi connectivity index (χ0) is 11.8. The van der Waals surface area contributed by atoms with Crippen LogP contribution in [0.1, 0.15) is 62.8 Å². The molecule has 2 aliphatic rings. The first kappa shape index (κ1) is 11.3. The second kappa shape index (κ2) is 4.45. The summed E-state index contributed by atoms with van der Waals surface area (Å²) in [5, 5.41) is 0. The van der Waals surface area contributed by atoms with E-state index in [0.29, 0.717) is 6.10 Å². The summed E-state index contributed by atoms with van der Waals surface area (Å²) in [6, 6.07) is 0. The van der Waals surface area contributed by atoms with Crippen LogP contribution in [0.3, 0.4) is 0 Å². The number of aromatic amines is 1. The van der Waals surface area contributed by atoms with E-state index in [4.69, 9.17) is 9.72 Å². The Kier molecular flexibility index (Phi) is 2.95. The molecule has 1 aliphatic heterocycles. The number of nitrogens with zero attached hydrogens (tertiary/aromatic N) is 1. The number of hydrogen-bond acceptors (Lipinski definition) is 2. The van der Waals surface area contributed by atoms with Gasteiger partial charge in [-0.1, -0.05) is 13.3 Å². The van der Waals surface area contributed by atoms with Crippen LogP contribution in [0.15, 0.2) is 0 Å². The third-order valence-corrected chi connectivity index (χ3v) is 4.28. The maximum Gasteiger partial charge on any atom is 0.135 e. The normalized spacial score (nSPS) is 32.7. The molecule has 0 radical (unpaired) electrons. The summed E-state index contributed by atoms with van der Waals surface area (Å²) in [5.74, 6) is 1.93. The van der Waals surface area contributed by atoms with Gasteiger partial charge in [0.05, 0.1) is 11.8 Å². The second-order valence-corrected chi connectivity index (χ2v) is 5.58. The number of ether oxygens (including phenoxy) is 1. The van der Waals surface area contributed by atoms with Gasteiger partial charge in [-0.3, -0.25) is 0 Å². The van der Waals surface area contributed by atoms with Gasteiger partial charge in [-0.25, -0.2) is 4.98 Å². The Morgan fingerprint density at radius 1 is 1.35 bits per heavy atom. The average Bonchev–Trinajstić information content (AvgIpc) is 2.93. The number of H-pyrrole nitrogens is 1.